The Balaban J connectivity index is 2.38. The zero-order valence-electron chi connectivity index (χ0n) is 12.2. The Labute approximate surface area is 176 Å². The SMILES string of the molecule is CS(=O)(=O)NC(O)CCCCOC(=O)c1cc(I)cc(I)c1I. The second-order valence-corrected chi connectivity index (χ2v) is 10.1. The lowest BCUT2D eigenvalue weighted by Gasteiger charge is -2.11. The molecular formula is C13H16I3NO5S. The Morgan fingerprint density at radius 3 is 2.57 bits per heavy atom. The van der Waals surface area contributed by atoms with Gasteiger partial charge < -0.3 is 9.84 Å². The zero-order valence-corrected chi connectivity index (χ0v) is 19.5. The van der Waals surface area contributed by atoms with Gasteiger partial charge in [-0.1, -0.05) is 0 Å². The Hall–Kier alpha value is 0.750. The molecule has 1 atom stereocenters. The molecule has 2 N–H and O–H groups in total. The van der Waals surface area contributed by atoms with Crippen LogP contribution in [-0.4, -0.2) is 38.6 Å². The lowest BCUT2D eigenvalue weighted by molar-refractivity contribution is 0.0491. The lowest BCUT2D eigenvalue weighted by Crippen LogP contribution is -2.33. The number of carbonyl (C=O) groups excluding carboxylic acids is 1. The molecule has 130 valence electrons. The fourth-order valence-corrected chi connectivity index (χ4v) is 4.68. The Morgan fingerprint density at radius 2 is 1.96 bits per heavy atom. The summed E-state index contributed by atoms with van der Waals surface area (Å²) in [6, 6.07) is 3.77. The summed E-state index contributed by atoms with van der Waals surface area (Å²) < 4.78 is 32.0. The molecule has 0 fully saturated rings. The van der Waals surface area contributed by atoms with Gasteiger partial charge in [-0.15, -0.1) is 0 Å². The second-order valence-electron chi connectivity index (χ2n) is 4.79. The minimum absolute atomic E-state index is 0.225. The Bertz CT molecular complexity index is 666. The number of esters is 1. The standard InChI is InChI=1S/C13H16I3NO5S/c1-23(20,21)17-11(18)4-2-3-5-22-13(19)9-6-8(14)7-10(15)12(9)16/h6-7,11,17-18H,2-5H2,1H3. The first-order chi connectivity index (χ1) is 10.6. The molecule has 0 aliphatic rings. The van der Waals surface area contributed by atoms with Gasteiger partial charge in [-0.25, -0.2) is 13.2 Å². The van der Waals surface area contributed by atoms with Gasteiger partial charge in [-0.3, -0.25) is 0 Å². The minimum Gasteiger partial charge on any atom is -0.462 e. The van der Waals surface area contributed by atoms with Crippen LogP contribution in [0, 0.1) is 10.7 Å². The van der Waals surface area contributed by atoms with Gasteiger partial charge in [-0.05, 0) is 99.2 Å². The highest BCUT2D eigenvalue weighted by Gasteiger charge is 2.15. The molecule has 1 aromatic rings. The van der Waals surface area contributed by atoms with Gasteiger partial charge in [-0.2, -0.15) is 4.72 Å². The fourth-order valence-electron chi connectivity index (χ4n) is 1.69. The van der Waals surface area contributed by atoms with E-state index in [1.807, 2.05) is 6.07 Å². The van der Waals surface area contributed by atoms with E-state index < -0.39 is 16.3 Å². The quantitative estimate of drug-likeness (QED) is 0.145. The summed E-state index contributed by atoms with van der Waals surface area (Å²) in [5, 5.41) is 9.47. The first-order valence-electron chi connectivity index (χ1n) is 6.57. The van der Waals surface area contributed by atoms with Gasteiger partial charge >= 0.3 is 5.97 Å². The predicted octanol–water partition coefficient (Wildman–Crippen LogP) is 2.70. The molecule has 1 unspecified atom stereocenters. The molecule has 0 saturated heterocycles. The summed E-state index contributed by atoms with van der Waals surface area (Å²) in [5.41, 5.74) is 0.542. The average molecular weight is 679 g/mol. The monoisotopic (exact) mass is 679 g/mol. The van der Waals surface area contributed by atoms with E-state index in [2.05, 4.69) is 72.5 Å². The van der Waals surface area contributed by atoms with Crippen molar-refractivity contribution in [3.05, 3.63) is 28.4 Å². The van der Waals surface area contributed by atoms with Crippen LogP contribution in [-0.2, 0) is 14.8 Å². The molecule has 10 heteroatoms. The predicted molar refractivity (Wildman–Crippen MR) is 113 cm³/mol. The van der Waals surface area contributed by atoms with Crippen LogP contribution in [0.4, 0.5) is 0 Å². The number of aliphatic hydroxyl groups is 1. The van der Waals surface area contributed by atoms with E-state index in [0.29, 0.717) is 18.4 Å². The molecule has 0 aliphatic carbocycles. The first-order valence-corrected chi connectivity index (χ1v) is 11.7. The molecular weight excluding hydrogens is 663 g/mol. The van der Waals surface area contributed by atoms with Gasteiger partial charge in [0.05, 0.1) is 18.4 Å². The van der Waals surface area contributed by atoms with Gasteiger partial charge in [0.15, 0.2) is 0 Å². The maximum Gasteiger partial charge on any atom is 0.339 e. The Kier molecular flexibility index (Phi) is 9.51. The highest BCUT2D eigenvalue weighted by atomic mass is 127. The summed E-state index contributed by atoms with van der Waals surface area (Å²) in [6.45, 7) is 0.225. The molecule has 0 heterocycles. The normalized spacial score (nSPS) is 12.9. The number of aliphatic hydroxyl groups excluding tert-OH is 1. The third kappa shape index (κ3) is 8.60. The van der Waals surface area contributed by atoms with Crippen molar-refractivity contribution in [1.82, 2.24) is 4.72 Å². The minimum atomic E-state index is -3.42. The molecule has 1 aromatic carbocycles. The second kappa shape index (κ2) is 10.0. The fraction of sp³-hybridized carbons (Fsp3) is 0.462. The third-order valence-electron chi connectivity index (χ3n) is 2.67. The van der Waals surface area contributed by atoms with E-state index in [4.69, 9.17) is 4.74 Å². The summed E-state index contributed by atoms with van der Waals surface area (Å²) in [5.74, 6) is -0.374. The van der Waals surface area contributed by atoms with Gasteiger partial charge in [0, 0.05) is 10.7 Å². The van der Waals surface area contributed by atoms with E-state index >= 15 is 0 Å². The van der Waals surface area contributed by atoms with Crippen molar-refractivity contribution < 1.29 is 23.1 Å². The van der Waals surface area contributed by atoms with Gasteiger partial charge in [0.25, 0.3) is 0 Å². The molecule has 0 aromatic heterocycles. The number of benzene rings is 1. The third-order valence-corrected chi connectivity index (χ3v) is 7.04. The number of nitrogens with one attached hydrogen (secondary N) is 1. The highest BCUT2D eigenvalue weighted by Crippen LogP contribution is 2.23. The number of carbonyl (C=O) groups is 1. The zero-order chi connectivity index (χ0) is 17.6. The van der Waals surface area contributed by atoms with Crippen LogP contribution in [0.3, 0.4) is 0 Å². The summed E-state index contributed by atoms with van der Waals surface area (Å²) in [6.07, 6.45) is 1.23. The molecule has 6 nitrogen and oxygen atoms in total. The molecule has 1 rings (SSSR count). The van der Waals surface area contributed by atoms with Crippen molar-refractivity contribution >= 4 is 83.8 Å². The Morgan fingerprint density at radius 1 is 1.30 bits per heavy atom. The van der Waals surface area contributed by atoms with E-state index in [1.54, 1.807) is 6.07 Å². The van der Waals surface area contributed by atoms with Crippen molar-refractivity contribution in [3.8, 4) is 0 Å². The molecule has 0 radical (unpaired) electrons. The molecule has 0 amide bonds. The maximum absolute atomic E-state index is 12.1. The molecule has 0 aliphatic heterocycles. The van der Waals surface area contributed by atoms with Crippen molar-refractivity contribution in [2.24, 2.45) is 0 Å². The molecule has 23 heavy (non-hydrogen) atoms. The van der Waals surface area contributed by atoms with Crippen molar-refractivity contribution in [2.45, 2.75) is 25.5 Å². The molecule has 0 spiro atoms. The summed E-state index contributed by atoms with van der Waals surface area (Å²) >= 11 is 6.44. The first kappa shape index (κ1) is 21.8. The van der Waals surface area contributed by atoms with E-state index in [-0.39, 0.29) is 19.0 Å². The smallest absolute Gasteiger partial charge is 0.339 e. The maximum atomic E-state index is 12.1. The van der Waals surface area contributed by atoms with E-state index in [1.165, 1.54) is 0 Å². The summed E-state index contributed by atoms with van der Waals surface area (Å²) in [4.78, 5) is 12.1. The van der Waals surface area contributed by atoms with E-state index in [0.717, 1.165) is 17.0 Å². The topological polar surface area (TPSA) is 92.7 Å². The van der Waals surface area contributed by atoms with Crippen LogP contribution in [0.5, 0.6) is 0 Å². The summed E-state index contributed by atoms with van der Waals surface area (Å²) in [7, 11) is -3.42. The number of halogens is 3. The van der Waals surface area contributed by atoms with Crippen molar-refractivity contribution in [2.75, 3.05) is 12.9 Å². The number of unbranched alkanes of at least 4 members (excludes halogenated alkanes) is 1. The highest BCUT2D eigenvalue weighted by molar-refractivity contribution is 14.1. The number of hydrogen-bond acceptors (Lipinski definition) is 5. The van der Waals surface area contributed by atoms with Crippen LogP contribution in [0.15, 0.2) is 12.1 Å². The van der Waals surface area contributed by atoms with Crippen LogP contribution in [0.1, 0.15) is 29.6 Å². The average Bonchev–Trinajstić information content (AvgIpc) is 2.40. The number of sulfonamides is 1. The van der Waals surface area contributed by atoms with Crippen LogP contribution in [0.25, 0.3) is 0 Å². The lowest BCUT2D eigenvalue weighted by atomic mass is 10.2. The van der Waals surface area contributed by atoms with Crippen LogP contribution >= 0.6 is 67.8 Å². The van der Waals surface area contributed by atoms with E-state index in [9.17, 15) is 18.3 Å². The van der Waals surface area contributed by atoms with Crippen LogP contribution in [0.2, 0.25) is 0 Å². The largest absolute Gasteiger partial charge is 0.462 e. The molecule has 0 saturated carbocycles. The number of ether oxygens (including phenoxy) is 1. The number of rotatable bonds is 8. The van der Waals surface area contributed by atoms with Crippen LogP contribution < -0.4 is 4.72 Å². The van der Waals surface area contributed by atoms with Gasteiger partial charge in [0.1, 0.15) is 6.23 Å². The number of hydrogen-bond donors (Lipinski definition) is 2. The van der Waals surface area contributed by atoms with Crippen molar-refractivity contribution in [3.63, 3.8) is 0 Å². The molecule has 0 bridgehead atoms. The van der Waals surface area contributed by atoms with Gasteiger partial charge in [0.2, 0.25) is 10.0 Å². The van der Waals surface area contributed by atoms with Crippen molar-refractivity contribution in [1.29, 1.82) is 0 Å².